The lowest BCUT2D eigenvalue weighted by Gasteiger charge is -2.22. The predicted molar refractivity (Wildman–Crippen MR) is 99.7 cm³/mol. The Labute approximate surface area is 158 Å². The predicted octanol–water partition coefficient (Wildman–Crippen LogP) is 2.96. The smallest absolute Gasteiger partial charge is 0.325 e. The van der Waals surface area contributed by atoms with E-state index in [1.165, 1.54) is 4.90 Å². The van der Waals surface area contributed by atoms with Crippen LogP contribution in [0.15, 0.2) is 48.5 Å². The van der Waals surface area contributed by atoms with E-state index in [-0.39, 0.29) is 31.6 Å². The first-order chi connectivity index (χ1) is 13.1. The second kappa shape index (κ2) is 8.58. The fourth-order valence-corrected chi connectivity index (χ4v) is 3.06. The highest BCUT2D eigenvalue weighted by Gasteiger charge is 2.24. The van der Waals surface area contributed by atoms with Crippen LogP contribution in [0.25, 0.3) is 0 Å². The van der Waals surface area contributed by atoms with Crippen molar-refractivity contribution < 1.29 is 23.8 Å². The van der Waals surface area contributed by atoms with Gasteiger partial charge < -0.3 is 19.1 Å². The average Bonchev–Trinajstić information content (AvgIpc) is 3.14. The molecule has 1 aliphatic rings. The minimum absolute atomic E-state index is 0.0602. The first-order valence-corrected chi connectivity index (χ1v) is 8.92. The van der Waals surface area contributed by atoms with Gasteiger partial charge in [0.1, 0.15) is 6.54 Å². The first-order valence-electron chi connectivity index (χ1n) is 8.92. The number of likely N-dealkylation sites (N-methyl/N-ethyl adjacent to an activating group) is 1. The summed E-state index contributed by atoms with van der Waals surface area (Å²) in [5, 5.41) is 0. The number of carbonyl (C=O) groups is 2. The van der Waals surface area contributed by atoms with Crippen LogP contribution in [0.1, 0.15) is 30.4 Å². The van der Waals surface area contributed by atoms with Gasteiger partial charge in [-0.3, -0.25) is 9.59 Å². The van der Waals surface area contributed by atoms with Crippen LogP contribution < -0.4 is 9.47 Å². The summed E-state index contributed by atoms with van der Waals surface area (Å²) < 4.78 is 15.8. The van der Waals surface area contributed by atoms with Gasteiger partial charge in [-0.1, -0.05) is 36.4 Å². The SMILES string of the molecule is CCOC(=O)CN(C)C(=O)CC(c1ccccc1)c1ccc2c(c1)OCO2. The van der Waals surface area contributed by atoms with Crippen LogP contribution in [0.5, 0.6) is 11.5 Å². The van der Waals surface area contributed by atoms with Crippen molar-refractivity contribution >= 4 is 11.9 Å². The fourth-order valence-electron chi connectivity index (χ4n) is 3.06. The lowest BCUT2D eigenvalue weighted by atomic mass is 9.88. The second-order valence-corrected chi connectivity index (χ2v) is 6.33. The quantitative estimate of drug-likeness (QED) is 0.702. The Balaban J connectivity index is 1.81. The summed E-state index contributed by atoms with van der Waals surface area (Å²) in [7, 11) is 1.61. The largest absolute Gasteiger partial charge is 0.465 e. The molecule has 0 saturated heterocycles. The number of benzene rings is 2. The summed E-state index contributed by atoms with van der Waals surface area (Å²) in [6.45, 7) is 2.18. The number of hydrogen-bond acceptors (Lipinski definition) is 5. The molecular weight excluding hydrogens is 346 g/mol. The van der Waals surface area contributed by atoms with Crippen molar-refractivity contribution in [3.8, 4) is 11.5 Å². The van der Waals surface area contributed by atoms with Crippen LogP contribution in [-0.2, 0) is 14.3 Å². The Kier molecular flexibility index (Phi) is 5.96. The molecule has 0 aliphatic carbocycles. The van der Waals surface area contributed by atoms with Gasteiger partial charge in [-0.2, -0.15) is 0 Å². The summed E-state index contributed by atoms with van der Waals surface area (Å²) in [6.07, 6.45) is 0.236. The molecule has 0 spiro atoms. The maximum Gasteiger partial charge on any atom is 0.325 e. The monoisotopic (exact) mass is 369 g/mol. The standard InChI is InChI=1S/C21H23NO5/c1-3-25-21(24)13-22(2)20(23)12-17(15-7-5-4-6-8-15)16-9-10-18-19(11-16)27-14-26-18/h4-11,17H,3,12-14H2,1-2H3. The maximum absolute atomic E-state index is 12.7. The molecule has 3 rings (SSSR count). The summed E-state index contributed by atoms with van der Waals surface area (Å²) in [5.41, 5.74) is 1.98. The molecule has 1 unspecified atom stereocenters. The number of amides is 1. The highest BCUT2D eigenvalue weighted by atomic mass is 16.7. The molecule has 0 N–H and O–H groups in total. The Morgan fingerprint density at radius 1 is 1.07 bits per heavy atom. The number of rotatable bonds is 7. The van der Waals surface area contributed by atoms with Crippen molar-refractivity contribution in [2.75, 3.05) is 27.0 Å². The molecule has 27 heavy (non-hydrogen) atoms. The molecule has 0 bridgehead atoms. The number of carbonyl (C=O) groups excluding carboxylic acids is 2. The van der Waals surface area contributed by atoms with Crippen molar-refractivity contribution in [2.24, 2.45) is 0 Å². The third-order valence-corrected chi connectivity index (χ3v) is 4.48. The van der Waals surface area contributed by atoms with E-state index in [0.29, 0.717) is 18.1 Å². The third-order valence-electron chi connectivity index (χ3n) is 4.48. The van der Waals surface area contributed by atoms with Crippen molar-refractivity contribution in [3.63, 3.8) is 0 Å². The zero-order valence-electron chi connectivity index (χ0n) is 15.5. The molecule has 6 heteroatoms. The molecule has 1 atom stereocenters. The average molecular weight is 369 g/mol. The number of ether oxygens (including phenoxy) is 3. The highest BCUT2D eigenvalue weighted by Crippen LogP contribution is 2.37. The third kappa shape index (κ3) is 4.58. The van der Waals surface area contributed by atoms with Crippen molar-refractivity contribution in [1.82, 2.24) is 4.90 Å². The molecule has 2 aromatic rings. The molecule has 1 amide bonds. The van der Waals surface area contributed by atoms with Crippen LogP contribution in [0, 0.1) is 0 Å². The highest BCUT2D eigenvalue weighted by molar-refractivity contribution is 5.82. The molecule has 1 aliphatic heterocycles. The molecule has 0 fully saturated rings. The minimum Gasteiger partial charge on any atom is -0.465 e. The molecule has 6 nitrogen and oxygen atoms in total. The van der Waals surface area contributed by atoms with Gasteiger partial charge in [-0.05, 0) is 30.2 Å². The topological polar surface area (TPSA) is 65.1 Å². The van der Waals surface area contributed by atoms with Gasteiger partial charge in [0.05, 0.1) is 6.61 Å². The van der Waals surface area contributed by atoms with Crippen LogP contribution in [0.3, 0.4) is 0 Å². The molecule has 0 radical (unpaired) electrons. The normalized spacial score (nSPS) is 13.1. The molecule has 2 aromatic carbocycles. The van der Waals surface area contributed by atoms with E-state index in [0.717, 1.165) is 11.1 Å². The summed E-state index contributed by atoms with van der Waals surface area (Å²) in [5.74, 6) is 0.692. The summed E-state index contributed by atoms with van der Waals surface area (Å²) in [6, 6.07) is 15.5. The van der Waals surface area contributed by atoms with E-state index in [1.807, 2.05) is 48.5 Å². The van der Waals surface area contributed by atoms with Gasteiger partial charge in [-0.15, -0.1) is 0 Å². The Bertz CT molecular complexity index is 805. The van der Waals surface area contributed by atoms with Gasteiger partial charge in [0.25, 0.3) is 0 Å². The zero-order valence-corrected chi connectivity index (χ0v) is 15.5. The molecule has 0 saturated carbocycles. The Morgan fingerprint density at radius 2 is 1.81 bits per heavy atom. The molecule has 0 aromatic heterocycles. The lowest BCUT2D eigenvalue weighted by Crippen LogP contribution is -2.34. The van der Waals surface area contributed by atoms with E-state index in [1.54, 1.807) is 14.0 Å². The zero-order chi connectivity index (χ0) is 19.2. The molecule has 142 valence electrons. The second-order valence-electron chi connectivity index (χ2n) is 6.33. The van der Waals surface area contributed by atoms with Crippen LogP contribution in [0.2, 0.25) is 0 Å². The van der Waals surface area contributed by atoms with Crippen molar-refractivity contribution in [2.45, 2.75) is 19.3 Å². The van der Waals surface area contributed by atoms with Crippen molar-refractivity contribution in [1.29, 1.82) is 0 Å². The van der Waals surface area contributed by atoms with Crippen LogP contribution >= 0.6 is 0 Å². The van der Waals surface area contributed by atoms with Gasteiger partial charge in [-0.25, -0.2) is 0 Å². The van der Waals surface area contributed by atoms with E-state index in [4.69, 9.17) is 14.2 Å². The van der Waals surface area contributed by atoms with E-state index >= 15 is 0 Å². The van der Waals surface area contributed by atoms with Crippen LogP contribution in [0.4, 0.5) is 0 Å². The van der Waals surface area contributed by atoms with Crippen molar-refractivity contribution in [3.05, 3.63) is 59.7 Å². The van der Waals surface area contributed by atoms with Crippen LogP contribution in [-0.4, -0.2) is 43.8 Å². The van der Waals surface area contributed by atoms with E-state index in [9.17, 15) is 9.59 Å². The Hall–Kier alpha value is -3.02. The minimum atomic E-state index is -0.410. The van der Waals surface area contributed by atoms with Gasteiger partial charge >= 0.3 is 5.97 Å². The summed E-state index contributed by atoms with van der Waals surface area (Å²) in [4.78, 5) is 25.8. The lowest BCUT2D eigenvalue weighted by molar-refractivity contribution is -0.148. The van der Waals surface area contributed by atoms with Gasteiger partial charge in [0.15, 0.2) is 11.5 Å². The summed E-state index contributed by atoms with van der Waals surface area (Å²) >= 11 is 0. The first kappa shape index (κ1) is 18.8. The number of fused-ring (bicyclic) bond motifs is 1. The van der Waals surface area contributed by atoms with Gasteiger partial charge in [0, 0.05) is 19.4 Å². The van der Waals surface area contributed by atoms with Gasteiger partial charge in [0.2, 0.25) is 12.7 Å². The number of esters is 1. The van der Waals surface area contributed by atoms with E-state index in [2.05, 4.69) is 0 Å². The molecular formula is C21H23NO5. The Morgan fingerprint density at radius 3 is 2.56 bits per heavy atom. The number of hydrogen-bond donors (Lipinski definition) is 0. The number of nitrogens with zero attached hydrogens (tertiary/aromatic N) is 1. The fraction of sp³-hybridized carbons (Fsp3) is 0.333. The maximum atomic E-state index is 12.7. The van der Waals surface area contributed by atoms with E-state index < -0.39 is 5.97 Å². The molecule has 1 heterocycles.